The normalized spacial score (nSPS) is 18.5. The molecule has 1 saturated carbocycles. The molecule has 3 rings (SSSR count). The zero-order valence-electron chi connectivity index (χ0n) is 18.1. The minimum absolute atomic E-state index is 0.368. The molecular formula is C27H33NO2. The molecule has 3 nitrogen and oxygen atoms in total. The van der Waals surface area contributed by atoms with Crippen molar-refractivity contribution in [2.45, 2.75) is 71.1 Å². The second-order valence-electron chi connectivity index (χ2n) is 8.64. The number of nitriles is 1. The molecule has 0 radical (unpaired) electrons. The van der Waals surface area contributed by atoms with E-state index in [4.69, 9.17) is 10.00 Å². The smallest absolute Gasteiger partial charge is 0.343 e. The molecule has 0 saturated heterocycles. The van der Waals surface area contributed by atoms with E-state index in [1.165, 1.54) is 63.4 Å². The van der Waals surface area contributed by atoms with Gasteiger partial charge in [0.25, 0.3) is 0 Å². The van der Waals surface area contributed by atoms with Crippen molar-refractivity contribution in [3.8, 4) is 11.8 Å². The van der Waals surface area contributed by atoms with Crippen LogP contribution in [0.2, 0.25) is 0 Å². The van der Waals surface area contributed by atoms with Crippen LogP contribution < -0.4 is 4.74 Å². The maximum absolute atomic E-state index is 12.3. The van der Waals surface area contributed by atoms with Gasteiger partial charge in [-0.15, -0.1) is 0 Å². The lowest BCUT2D eigenvalue weighted by atomic mass is 9.78. The summed E-state index contributed by atoms with van der Waals surface area (Å²) in [6, 6.07) is 16.4. The Balaban J connectivity index is 1.41. The predicted molar refractivity (Wildman–Crippen MR) is 120 cm³/mol. The van der Waals surface area contributed by atoms with Crippen molar-refractivity contribution < 1.29 is 9.53 Å². The lowest BCUT2D eigenvalue weighted by molar-refractivity contribution is 0.0734. The van der Waals surface area contributed by atoms with Crippen LogP contribution in [-0.4, -0.2) is 5.97 Å². The Labute approximate surface area is 181 Å². The van der Waals surface area contributed by atoms with Gasteiger partial charge >= 0.3 is 5.97 Å². The van der Waals surface area contributed by atoms with Crippen LogP contribution in [0.25, 0.3) is 0 Å². The first-order valence-electron chi connectivity index (χ1n) is 11.5. The Morgan fingerprint density at radius 1 is 0.933 bits per heavy atom. The van der Waals surface area contributed by atoms with Crippen molar-refractivity contribution in [1.29, 1.82) is 5.26 Å². The number of carbonyl (C=O) groups is 1. The Bertz CT molecular complexity index is 825. The van der Waals surface area contributed by atoms with E-state index in [9.17, 15) is 4.79 Å². The lowest BCUT2D eigenvalue weighted by Crippen LogP contribution is -2.15. The lowest BCUT2D eigenvalue weighted by Gasteiger charge is -2.28. The minimum atomic E-state index is -0.368. The van der Waals surface area contributed by atoms with E-state index in [1.54, 1.807) is 24.3 Å². The number of unbranched alkanes of at least 4 members (excludes halogenated alkanes) is 2. The number of rotatable bonds is 9. The third-order valence-corrected chi connectivity index (χ3v) is 6.41. The van der Waals surface area contributed by atoms with E-state index in [1.807, 2.05) is 24.3 Å². The SMILES string of the molecule is CCCCCC1CCC(CCc2ccc(C(=O)Oc3ccc(C#N)cc3)cc2)CC1. The van der Waals surface area contributed by atoms with Gasteiger partial charge in [-0.3, -0.25) is 0 Å². The third kappa shape index (κ3) is 6.73. The van der Waals surface area contributed by atoms with Crippen LogP contribution in [0, 0.1) is 23.2 Å². The minimum Gasteiger partial charge on any atom is -0.423 e. The number of benzene rings is 2. The predicted octanol–water partition coefficient (Wildman–Crippen LogP) is 7.10. The van der Waals surface area contributed by atoms with E-state index in [0.717, 1.165) is 18.3 Å². The molecule has 3 heteroatoms. The Kier molecular flexibility index (Phi) is 8.51. The standard InChI is InChI=1S/C27H33NO2/c1-2-3-4-5-21-6-8-22(9-7-21)10-11-23-12-16-25(17-13-23)27(29)30-26-18-14-24(20-28)15-19-26/h12-19,21-22H,2-11H2,1H3. The molecule has 1 fully saturated rings. The summed E-state index contributed by atoms with van der Waals surface area (Å²) in [6.07, 6.45) is 13.5. The maximum atomic E-state index is 12.3. The van der Waals surface area contributed by atoms with Crippen molar-refractivity contribution in [3.63, 3.8) is 0 Å². The first-order chi connectivity index (χ1) is 14.7. The number of carbonyl (C=O) groups excluding carboxylic acids is 1. The highest BCUT2D eigenvalue weighted by Gasteiger charge is 2.20. The molecule has 1 aliphatic rings. The highest BCUT2D eigenvalue weighted by molar-refractivity contribution is 5.91. The van der Waals surface area contributed by atoms with Gasteiger partial charge in [0, 0.05) is 0 Å². The van der Waals surface area contributed by atoms with Gasteiger partial charge in [-0.25, -0.2) is 4.79 Å². The summed E-state index contributed by atoms with van der Waals surface area (Å²) in [5.41, 5.74) is 2.38. The molecule has 30 heavy (non-hydrogen) atoms. The fraction of sp³-hybridized carbons (Fsp3) is 0.481. The highest BCUT2D eigenvalue weighted by atomic mass is 16.5. The summed E-state index contributed by atoms with van der Waals surface area (Å²) in [5, 5.41) is 8.83. The van der Waals surface area contributed by atoms with Gasteiger partial charge in [0.15, 0.2) is 0 Å². The summed E-state index contributed by atoms with van der Waals surface area (Å²) in [4.78, 5) is 12.3. The van der Waals surface area contributed by atoms with Crippen molar-refractivity contribution in [2.24, 2.45) is 11.8 Å². The average molecular weight is 404 g/mol. The van der Waals surface area contributed by atoms with Crippen LogP contribution in [0.5, 0.6) is 5.75 Å². The maximum Gasteiger partial charge on any atom is 0.343 e. The van der Waals surface area contributed by atoms with Gasteiger partial charge in [-0.2, -0.15) is 5.26 Å². The molecule has 0 aromatic heterocycles. The molecule has 0 atom stereocenters. The molecule has 0 heterocycles. The van der Waals surface area contributed by atoms with E-state index < -0.39 is 0 Å². The fourth-order valence-electron chi connectivity index (χ4n) is 4.43. The molecule has 0 spiro atoms. The van der Waals surface area contributed by atoms with Crippen LogP contribution in [-0.2, 0) is 6.42 Å². The summed E-state index contributed by atoms with van der Waals surface area (Å²) < 4.78 is 5.39. The second-order valence-corrected chi connectivity index (χ2v) is 8.64. The molecule has 0 aliphatic heterocycles. The summed E-state index contributed by atoms with van der Waals surface area (Å²) in [5.74, 6) is 1.91. The molecule has 158 valence electrons. The van der Waals surface area contributed by atoms with Crippen molar-refractivity contribution in [3.05, 3.63) is 65.2 Å². The number of hydrogen-bond donors (Lipinski definition) is 0. The van der Waals surface area contributed by atoms with E-state index in [2.05, 4.69) is 13.0 Å². The summed E-state index contributed by atoms with van der Waals surface area (Å²) in [7, 11) is 0. The van der Waals surface area contributed by atoms with E-state index in [0.29, 0.717) is 16.9 Å². The second kappa shape index (κ2) is 11.6. The highest BCUT2D eigenvalue weighted by Crippen LogP contribution is 2.34. The Morgan fingerprint density at radius 3 is 2.17 bits per heavy atom. The van der Waals surface area contributed by atoms with Gasteiger partial charge in [0.05, 0.1) is 17.2 Å². The first-order valence-corrected chi connectivity index (χ1v) is 11.5. The Morgan fingerprint density at radius 2 is 1.57 bits per heavy atom. The summed E-state index contributed by atoms with van der Waals surface area (Å²) >= 11 is 0. The van der Waals surface area contributed by atoms with Gasteiger partial charge in [0.2, 0.25) is 0 Å². The van der Waals surface area contributed by atoms with Crippen LogP contribution in [0.3, 0.4) is 0 Å². The van der Waals surface area contributed by atoms with Crippen molar-refractivity contribution in [1.82, 2.24) is 0 Å². The van der Waals surface area contributed by atoms with Crippen LogP contribution >= 0.6 is 0 Å². The molecular weight excluding hydrogens is 370 g/mol. The molecule has 0 amide bonds. The number of nitrogens with zero attached hydrogens (tertiary/aromatic N) is 1. The monoisotopic (exact) mass is 403 g/mol. The van der Waals surface area contributed by atoms with Gasteiger partial charge < -0.3 is 4.74 Å². The number of ether oxygens (including phenoxy) is 1. The average Bonchev–Trinajstić information content (AvgIpc) is 2.79. The topological polar surface area (TPSA) is 50.1 Å². The Hall–Kier alpha value is -2.60. The van der Waals surface area contributed by atoms with Crippen LogP contribution in [0.15, 0.2) is 48.5 Å². The molecule has 0 N–H and O–H groups in total. The van der Waals surface area contributed by atoms with E-state index in [-0.39, 0.29) is 5.97 Å². The van der Waals surface area contributed by atoms with Crippen molar-refractivity contribution in [2.75, 3.05) is 0 Å². The van der Waals surface area contributed by atoms with E-state index >= 15 is 0 Å². The number of aryl methyl sites for hydroxylation is 1. The third-order valence-electron chi connectivity index (χ3n) is 6.41. The van der Waals surface area contributed by atoms with Crippen LogP contribution in [0.1, 0.15) is 86.2 Å². The zero-order valence-corrected chi connectivity index (χ0v) is 18.1. The molecule has 1 aliphatic carbocycles. The summed E-state index contributed by atoms with van der Waals surface area (Å²) in [6.45, 7) is 2.28. The molecule has 2 aromatic rings. The van der Waals surface area contributed by atoms with Gasteiger partial charge in [-0.05, 0) is 66.6 Å². The zero-order chi connectivity index (χ0) is 21.2. The first kappa shape index (κ1) is 22.1. The largest absolute Gasteiger partial charge is 0.423 e. The quantitative estimate of drug-likeness (QED) is 0.255. The van der Waals surface area contributed by atoms with Gasteiger partial charge in [0.1, 0.15) is 5.75 Å². The van der Waals surface area contributed by atoms with Crippen LogP contribution in [0.4, 0.5) is 0 Å². The van der Waals surface area contributed by atoms with Crippen molar-refractivity contribution >= 4 is 5.97 Å². The molecule has 0 bridgehead atoms. The molecule has 0 unspecified atom stereocenters. The molecule has 2 aromatic carbocycles. The fourth-order valence-corrected chi connectivity index (χ4v) is 4.43. The number of hydrogen-bond acceptors (Lipinski definition) is 3. The number of esters is 1. The van der Waals surface area contributed by atoms with Gasteiger partial charge in [-0.1, -0.05) is 70.4 Å².